The first-order valence-corrected chi connectivity index (χ1v) is 19.6. The van der Waals surface area contributed by atoms with E-state index in [1.165, 1.54) is 13.8 Å². The molecular weight excluding hydrogens is 672 g/mol. The van der Waals surface area contributed by atoms with Crippen molar-refractivity contribution in [3.05, 3.63) is 0 Å². The van der Waals surface area contributed by atoms with Gasteiger partial charge in [-0.3, -0.25) is 9.59 Å². The highest BCUT2D eigenvalue weighted by Crippen LogP contribution is 2.77. The Labute approximate surface area is 309 Å². The minimum Gasteiger partial charge on any atom is -0.462 e. The summed E-state index contributed by atoms with van der Waals surface area (Å²) >= 11 is 0. The number of aliphatic hydroxyl groups excluding tert-OH is 3. The zero-order valence-corrected chi connectivity index (χ0v) is 33.0. The van der Waals surface area contributed by atoms with Gasteiger partial charge in [0.25, 0.3) is 0 Å². The second kappa shape index (κ2) is 13.1. The highest BCUT2D eigenvalue weighted by Gasteiger charge is 2.76. The summed E-state index contributed by atoms with van der Waals surface area (Å²) in [5, 5.41) is 55.2. The van der Waals surface area contributed by atoms with Gasteiger partial charge in [0, 0.05) is 19.8 Å². The van der Waals surface area contributed by atoms with Crippen molar-refractivity contribution in [3.63, 3.8) is 0 Å². The molecule has 0 radical (unpaired) electrons. The van der Waals surface area contributed by atoms with Gasteiger partial charge in [-0.15, -0.1) is 0 Å². The van der Waals surface area contributed by atoms with Gasteiger partial charge in [-0.1, -0.05) is 34.6 Å². The lowest BCUT2D eigenvalue weighted by atomic mass is 9.35. The molecule has 4 saturated carbocycles. The molecule has 2 saturated heterocycles. The molecule has 0 bridgehead atoms. The van der Waals surface area contributed by atoms with Crippen LogP contribution in [0.2, 0.25) is 0 Å². The van der Waals surface area contributed by atoms with Gasteiger partial charge in [0.15, 0.2) is 12.4 Å². The molecule has 6 aliphatic rings. The van der Waals surface area contributed by atoms with E-state index in [4.69, 9.17) is 23.7 Å². The number of hydrogen-bond acceptors (Lipinski definition) is 12. The summed E-state index contributed by atoms with van der Waals surface area (Å²) in [5.41, 5.74) is -4.39. The van der Waals surface area contributed by atoms with Gasteiger partial charge in [0.2, 0.25) is 0 Å². The summed E-state index contributed by atoms with van der Waals surface area (Å²) in [6, 6.07) is 0. The van der Waals surface area contributed by atoms with E-state index in [1.807, 2.05) is 6.92 Å². The van der Waals surface area contributed by atoms with Crippen molar-refractivity contribution in [2.75, 3.05) is 6.61 Å². The Morgan fingerprint density at radius 3 is 2.06 bits per heavy atom. The van der Waals surface area contributed by atoms with Crippen LogP contribution in [0, 0.1) is 39.4 Å². The molecular formula is C40H66O12. The van der Waals surface area contributed by atoms with Crippen molar-refractivity contribution < 1.29 is 58.8 Å². The fourth-order valence-corrected chi connectivity index (χ4v) is 13.2. The quantitative estimate of drug-likeness (QED) is 0.189. The Bertz CT molecular complexity index is 1380. The van der Waals surface area contributed by atoms with Crippen LogP contribution in [0.3, 0.4) is 0 Å². The van der Waals surface area contributed by atoms with Crippen LogP contribution in [0.25, 0.3) is 0 Å². The maximum Gasteiger partial charge on any atom is 0.303 e. The maximum atomic E-state index is 13.0. The number of rotatable bonds is 7. The van der Waals surface area contributed by atoms with E-state index in [1.54, 1.807) is 13.8 Å². The van der Waals surface area contributed by atoms with Crippen molar-refractivity contribution in [1.82, 2.24) is 0 Å². The molecule has 0 aromatic carbocycles. The standard InChI is InChI=1S/C40H66O12/c1-21(42)48-23-19-26-36(7)14-12-27(51-33-31(49-22(2)43)30(45)29(44)24(20-41)50-33)34(3,4)25(36)11-15-37(26,8)38(9)17-18-40(47,32(23)38)39(10)16-13-28(52-39)35(5,6)46/h23-33,41,44-47H,11-20H2,1-10H3/t23?,24-,25?,26?,27-,28+,29-,30+,31-,32?,33?,36+,37-,38-,39?,40-/m1/s1. The second-order valence-corrected chi connectivity index (χ2v) is 19.6. The smallest absolute Gasteiger partial charge is 0.303 e. The van der Waals surface area contributed by atoms with Crippen LogP contribution >= 0.6 is 0 Å². The van der Waals surface area contributed by atoms with Crippen molar-refractivity contribution in [3.8, 4) is 0 Å². The topological polar surface area (TPSA) is 181 Å². The first kappa shape index (κ1) is 40.3. The van der Waals surface area contributed by atoms with Crippen LogP contribution in [0.4, 0.5) is 0 Å². The van der Waals surface area contributed by atoms with Crippen LogP contribution in [-0.2, 0) is 33.3 Å². The predicted octanol–water partition coefficient (Wildman–Crippen LogP) is 3.79. The highest BCUT2D eigenvalue weighted by molar-refractivity contribution is 5.66. The van der Waals surface area contributed by atoms with Crippen LogP contribution < -0.4 is 0 Å². The van der Waals surface area contributed by atoms with E-state index in [9.17, 15) is 35.1 Å². The number of carbonyl (C=O) groups is 2. The van der Waals surface area contributed by atoms with Gasteiger partial charge in [0.05, 0.1) is 30.0 Å². The minimum atomic E-state index is -1.50. The molecule has 12 heteroatoms. The van der Waals surface area contributed by atoms with Gasteiger partial charge >= 0.3 is 11.9 Å². The molecule has 6 unspecified atom stereocenters. The summed E-state index contributed by atoms with van der Waals surface area (Å²) < 4.78 is 30.9. The van der Waals surface area contributed by atoms with E-state index in [-0.39, 0.29) is 46.1 Å². The number of esters is 2. The Morgan fingerprint density at radius 2 is 1.48 bits per heavy atom. The first-order chi connectivity index (χ1) is 23.9. The van der Waals surface area contributed by atoms with Crippen molar-refractivity contribution in [1.29, 1.82) is 0 Å². The van der Waals surface area contributed by atoms with Crippen LogP contribution in [0.1, 0.15) is 127 Å². The molecule has 0 aromatic rings. The molecule has 6 fully saturated rings. The number of aliphatic hydroxyl groups is 5. The Balaban J connectivity index is 1.31. The molecule has 5 N–H and O–H groups in total. The van der Waals surface area contributed by atoms with E-state index >= 15 is 0 Å². The third kappa shape index (κ3) is 5.91. The summed E-state index contributed by atoms with van der Waals surface area (Å²) in [5.74, 6) is -1.03. The third-order valence-electron chi connectivity index (χ3n) is 16.1. The van der Waals surface area contributed by atoms with E-state index in [0.29, 0.717) is 32.1 Å². The molecule has 2 heterocycles. The molecule has 16 atom stereocenters. The summed E-state index contributed by atoms with van der Waals surface area (Å²) in [6.45, 7) is 19.1. The van der Waals surface area contributed by atoms with Gasteiger partial charge in [-0.05, 0) is 112 Å². The predicted molar refractivity (Wildman–Crippen MR) is 188 cm³/mol. The monoisotopic (exact) mass is 738 g/mol. The van der Waals surface area contributed by atoms with E-state index < -0.39 is 77.7 Å². The van der Waals surface area contributed by atoms with E-state index in [2.05, 4.69) is 34.6 Å². The normalized spacial score (nSPS) is 51.6. The van der Waals surface area contributed by atoms with Gasteiger partial charge in [-0.25, -0.2) is 0 Å². The SMILES string of the molecule is CC(=O)OC1CC2[C@@]3(C)CC[C@@H](OC4O[C@H](CO)[C@@H](O)[C@H](O)[C@H]4OC(C)=O)C(C)(C)C3CC[C@@]2(C)[C@]2(C)CC[C@](O)(C3(C)CC[C@@H](C(C)(C)O)O3)C12. The van der Waals surface area contributed by atoms with Crippen molar-refractivity contribution in [2.24, 2.45) is 39.4 Å². The average Bonchev–Trinajstić information content (AvgIpc) is 3.59. The lowest BCUT2D eigenvalue weighted by molar-refractivity contribution is -0.334. The lowest BCUT2D eigenvalue weighted by Crippen LogP contribution is -2.70. The number of ether oxygens (including phenoxy) is 5. The Hall–Kier alpha value is -1.38. The van der Waals surface area contributed by atoms with Crippen LogP contribution in [0.15, 0.2) is 0 Å². The number of hydrogen-bond donors (Lipinski definition) is 5. The molecule has 0 aromatic heterocycles. The minimum absolute atomic E-state index is 0.156. The molecule has 298 valence electrons. The molecule has 52 heavy (non-hydrogen) atoms. The van der Waals surface area contributed by atoms with Gasteiger partial charge in [0.1, 0.15) is 30.0 Å². The lowest BCUT2D eigenvalue weighted by Gasteiger charge is -2.71. The summed E-state index contributed by atoms with van der Waals surface area (Å²) in [7, 11) is 0. The molecule has 2 aliphatic heterocycles. The molecule has 12 nitrogen and oxygen atoms in total. The van der Waals surface area contributed by atoms with E-state index in [0.717, 1.165) is 25.7 Å². The second-order valence-electron chi connectivity index (χ2n) is 19.6. The average molecular weight is 739 g/mol. The summed E-state index contributed by atoms with van der Waals surface area (Å²) in [6.07, 6.45) is -1.39. The Kier molecular flexibility index (Phi) is 10.2. The fourth-order valence-electron chi connectivity index (χ4n) is 13.2. The molecule has 0 amide bonds. The zero-order chi connectivity index (χ0) is 38.6. The number of carbonyl (C=O) groups excluding carboxylic acids is 2. The van der Waals surface area contributed by atoms with Crippen molar-refractivity contribution in [2.45, 2.75) is 193 Å². The summed E-state index contributed by atoms with van der Waals surface area (Å²) in [4.78, 5) is 24.9. The molecule has 4 aliphatic carbocycles. The molecule has 6 rings (SSSR count). The molecule has 0 spiro atoms. The Morgan fingerprint density at radius 1 is 0.827 bits per heavy atom. The van der Waals surface area contributed by atoms with Crippen LogP contribution in [-0.4, -0.2) is 110 Å². The van der Waals surface area contributed by atoms with Gasteiger partial charge < -0.3 is 49.2 Å². The van der Waals surface area contributed by atoms with Crippen LogP contribution in [0.5, 0.6) is 0 Å². The zero-order valence-electron chi connectivity index (χ0n) is 33.0. The first-order valence-electron chi connectivity index (χ1n) is 19.6. The number of fused-ring (bicyclic) bond motifs is 5. The van der Waals surface area contributed by atoms with Crippen molar-refractivity contribution >= 4 is 11.9 Å². The highest BCUT2D eigenvalue weighted by atomic mass is 16.7. The fraction of sp³-hybridized carbons (Fsp3) is 0.950. The third-order valence-corrected chi connectivity index (χ3v) is 16.1. The maximum absolute atomic E-state index is 13.0. The largest absolute Gasteiger partial charge is 0.462 e. The van der Waals surface area contributed by atoms with Gasteiger partial charge in [-0.2, -0.15) is 0 Å².